The predicted octanol–water partition coefficient (Wildman–Crippen LogP) is 2.96. The Balaban J connectivity index is 1.44. The summed E-state index contributed by atoms with van der Waals surface area (Å²) in [6, 6.07) is 16.5. The average Bonchev–Trinajstić information content (AvgIpc) is 2.58. The van der Waals surface area contributed by atoms with Crippen molar-refractivity contribution < 1.29 is 17.9 Å². The summed E-state index contributed by atoms with van der Waals surface area (Å²) in [4.78, 5) is 12.1. The van der Waals surface area contributed by atoms with Crippen molar-refractivity contribution in [1.29, 1.82) is 0 Å². The smallest absolute Gasteiger partial charge is 0.407 e. The first-order chi connectivity index (χ1) is 12.4. The van der Waals surface area contributed by atoms with E-state index in [2.05, 4.69) is 10.6 Å². The molecule has 0 radical (unpaired) electrons. The molecule has 0 aliphatic heterocycles. The lowest BCUT2D eigenvalue weighted by atomic mass is 9.86. The van der Waals surface area contributed by atoms with Crippen LogP contribution in [0.25, 0.3) is 0 Å². The van der Waals surface area contributed by atoms with Gasteiger partial charge in [0.25, 0.3) is 0 Å². The van der Waals surface area contributed by atoms with Gasteiger partial charge in [-0.1, -0.05) is 42.5 Å². The molecular formula is C19H22N2O4S. The molecule has 2 aromatic carbocycles. The number of para-hydroxylation sites is 1. The molecule has 1 saturated carbocycles. The number of hydrogen-bond donors (Lipinski definition) is 2. The van der Waals surface area contributed by atoms with Gasteiger partial charge >= 0.3 is 6.09 Å². The van der Waals surface area contributed by atoms with Crippen LogP contribution < -0.4 is 10.6 Å². The zero-order chi connectivity index (χ0) is 18.6. The molecule has 2 N–H and O–H groups in total. The number of rotatable bonds is 6. The Bertz CT molecular complexity index is 862. The van der Waals surface area contributed by atoms with Gasteiger partial charge in [-0.05, 0) is 30.5 Å². The quantitative estimate of drug-likeness (QED) is 0.812. The highest BCUT2D eigenvalue weighted by molar-refractivity contribution is 7.90. The number of carbonyl (C=O) groups is 1. The van der Waals surface area contributed by atoms with Gasteiger partial charge < -0.3 is 15.4 Å². The van der Waals surface area contributed by atoms with E-state index in [0.717, 1.165) is 18.4 Å². The molecule has 0 aromatic heterocycles. The van der Waals surface area contributed by atoms with Crippen molar-refractivity contribution in [3.8, 4) is 0 Å². The first-order valence-corrected chi connectivity index (χ1v) is 10.3. The summed E-state index contributed by atoms with van der Waals surface area (Å²) >= 11 is 0. The van der Waals surface area contributed by atoms with E-state index < -0.39 is 15.9 Å². The number of alkyl carbamates (subject to hydrolysis) is 1. The van der Waals surface area contributed by atoms with Crippen molar-refractivity contribution in [2.45, 2.75) is 36.4 Å². The molecule has 1 amide bonds. The van der Waals surface area contributed by atoms with Crippen LogP contribution >= 0.6 is 0 Å². The summed E-state index contributed by atoms with van der Waals surface area (Å²) in [5, 5.41) is 6.07. The van der Waals surface area contributed by atoms with E-state index in [-0.39, 0.29) is 18.7 Å². The monoisotopic (exact) mass is 374 g/mol. The second kappa shape index (κ2) is 7.78. The summed E-state index contributed by atoms with van der Waals surface area (Å²) in [7, 11) is -3.28. The molecule has 1 aliphatic rings. The lowest BCUT2D eigenvalue weighted by Crippen LogP contribution is -2.49. The van der Waals surface area contributed by atoms with Crippen molar-refractivity contribution in [1.82, 2.24) is 5.32 Å². The molecule has 0 unspecified atom stereocenters. The van der Waals surface area contributed by atoms with Crippen molar-refractivity contribution in [3.05, 3.63) is 60.2 Å². The first-order valence-electron chi connectivity index (χ1n) is 8.44. The fraction of sp³-hybridized carbons (Fsp3) is 0.316. The van der Waals surface area contributed by atoms with Gasteiger partial charge in [-0.2, -0.15) is 0 Å². The number of benzene rings is 2. The molecule has 138 valence electrons. The Morgan fingerprint density at radius 2 is 1.69 bits per heavy atom. The first kappa shape index (κ1) is 18.3. The Morgan fingerprint density at radius 1 is 1.04 bits per heavy atom. The number of sulfone groups is 1. The molecule has 0 heterocycles. The number of ether oxygens (including phenoxy) is 1. The fourth-order valence-electron chi connectivity index (χ4n) is 2.91. The molecule has 1 aliphatic carbocycles. The van der Waals surface area contributed by atoms with Crippen molar-refractivity contribution in [2.75, 3.05) is 11.6 Å². The average molecular weight is 374 g/mol. The normalized spacial score (nSPS) is 19.3. The van der Waals surface area contributed by atoms with E-state index in [1.165, 1.54) is 6.26 Å². The van der Waals surface area contributed by atoms with Crippen LogP contribution in [0.3, 0.4) is 0 Å². The van der Waals surface area contributed by atoms with E-state index in [4.69, 9.17) is 4.74 Å². The third kappa shape index (κ3) is 4.76. The Morgan fingerprint density at radius 3 is 2.38 bits per heavy atom. The van der Waals surface area contributed by atoms with E-state index in [1.54, 1.807) is 24.3 Å². The minimum absolute atomic E-state index is 0.0289. The van der Waals surface area contributed by atoms with Gasteiger partial charge in [0.1, 0.15) is 6.61 Å². The molecule has 26 heavy (non-hydrogen) atoms. The van der Waals surface area contributed by atoms with Crippen molar-refractivity contribution >= 4 is 21.6 Å². The van der Waals surface area contributed by atoms with E-state index >= 15 is 0 Å². The highest BCUT2D eigenvalue weighted by atomic mass is 32.2. The Labute approximate surface area is 153 Å². The Kier molecular flexibility index (Phi) is 5.46. The van der Waals surface area contributed by atoms with Crippen LogP contribution in [0.5, 0.6) is 0 Å². The second-order valence-electron chi connectivity index (χ2n) is 6.48. The van der Waals surface area contributed by atoms with Crippen LogP contribution in [0.2, 0.25) is 0 Å². The molecule has 2 aromatic rings. The molecule has 0 atom stereocenters. The van der Waals surface area contributed by atoms with E-state index in [0.29, 0.717) is 10.6 Å². The molecule has 1 fully saturated rings. The molecule has 0 saturated heterocycles. The summed E-state index contributed by atoms with van der Waals surface area (Å²) in [5.41, 5.74) is 1.54. The van der Waals surface area contributed by atoms with Gasteiger partial charge in [-0.15, -0.1) is 0 Å². The van der Waals surface area contributed by atoms with Gasteiger partial charge in [-0.25, -0.2) is 13.2 Å². The molecule has 0 spiro atoms. The highest BCUT2D eigenvalue weighted by Gasteiger charge is 2.31. The third-order valence-corrected chi connectivity index (χ3v) is 5.47. The van der Waals surface area contributed by atoms with E-state index in [9.17, 15) is 13.2 Å². The van der Waals surface area contributed by atoms with Gasteiger partial charge in [0, 0.05) is 18.3 Å². The van der Waals surface area contributed by atoms with E-state index in [1.807, 2.05) is 30.3 Å². The van der Waals surface area contributed by atoms with Crippen LogP contribution in [-0.2, 0) is 21.2 Å². The maximum absolute atomic E-state index is 11.8. The molecule has 3 rings (SSSR count). The third-order valence-electron chi connectivity index (χ3n) is 4.32. The number of nitrogens with one attached hydrogen (secondary N) is 2. The minimum Gasteiger partial charge on any atom is -0.445 e. The summed E-state index contributed by atoms with van der Waals surface area (Å²) in [6.07, 6.45) is 2.20. The zero-order valence-electron chi connectivity index (χ0n) is 14.5. The predicted molar refractivity (Wildman–Crippen MR) is 99.7 cm³/mol. The largest absolute Gasteiger partial charge is 0.445 e. The maximum Gasteiger partial charge on any atom is 0.407 e. The van der Waals surface area contributed by atoms with Crippen LogP contribution in [0.15, 0.2) is 59.5 Å². The van der Waals surface area contributed by atoms with Gasteiger partial charge in [-0.3, -0.25) is 0 Å². The summed E-state index contributed by atoms with van der Waals surface area (Å²) in [5.74, 6) is 0. The van der Waals surface area contributed by atoms with Gasteiger partial charge in [0.05, 0.1) is 10.6 Å². The second-order valence-corrected chi connectivity index (χ2v) is 8.47. The SMILES string of the molecule is CS(=O)(=O)c1ccccc1NC1CC(NC(=O)OCc2ccccc2)C1. The maximum atomic E-state index is 11.8. The van der Waals surface area contributed by atoms with Crippen molar-refractivity contribution in [3.63, 3.8) is 0 Å². The summed E-state index contributed by atoms with van der Waals surface area (Å²) < 4.78 is 28.9. The zero-order valence-corrected chi connectivity index (χ0v) is 15.3. The van der Waals surface area contributed by atoms with Crippen LogP contribution in [-0.4, -0.2) is 32.9 Å². The summed E-state index contributed by atoms with van der Waals surface area (Å²) in [6.45, 7) is 0.239. The lowest BCUT2D eigenvalue weighted by Gasteiger charge is -2.36. The lowest BCUT2D eigenvalue weighted by molar-refractivity contribution is 0.129. The molecule has 0 bridgehead atoms. The highest BCUT2D eigenvalue weighted by Crippen LogP contribution is 2.28. The molecular weight excluding hydrogens is 352 g/mol. The Hall–Kier alpha value is -2.54. The molecule has 6 nitrogen and oxygen atoms in total. The van der Waals surface area contributed by atoms with Crippen molar-refractivity contribution in [2.24, 2.45) is 0 Å². The number of carbonyl (C=O) groups excluding carboxylic acids is 1. The molecule has 7 heteroatoms. The number of hydrogen-bond acceptors (Lipinski definition) is 5. The van der Waals surface area contributed by atoms with Crippen LogP contribution in [0, 0.1) is 0 Å². The topological polar surface area (TPSA) is 84.5 Å². The number of anilines is 1. The number of amides is 1. The van der Waals surface area contributed by atoms with Gasteiger partial charge in [0.2, 0.25) is 0 Å². The standard InChI is InChI=1S/C19H22N2O4S/c1-26(23,24)18-10-6-5-9-17(18)20-15-11-16(12-15)21-19(22)25-13-14-7-3-2-4-8-14/h2-10,15-16,20H,11-13H2,1H3,(H,21,22). The van der Waals surface area contributed by atoms with Gasteiger partial charge in [0.15, 0.2) is 9.84 Å². The van der Waals surface area contributed by atoms with Crippen LogP contribution in [0.4, 0.5) is 10.5 Å². The minimum atomic E-state index is -3.28. The van der Waals surface area contributed by atoms with Crippen LogP contribution in [0.1, 0.15) is 18.4 Å². The fourth-order valence-corrected chi connectivity index (χ4v) is 3.77.